The first-order valence-corrected chi connectivity index (χ1v) is 7.75. The average molecular weight is 282 g/mol. The number of carbonyl (C=O) groups excluding carboxylic acids is 1. The van der Waals surface area contributed by atoms with E-state index in [0.29, 0.717) is 11.0 Å². The molecule has 0 radical (unpaired) electrons. The van der Waals surface area contributed by atoms with Crippen molar-refractivity contribution >= 4 is 22.4 Å². The molecule has 0 saturated heterocycles. The highest BCUT2D eigenvalue weighted by Gasteiger charge is 2.26. The minimum Gasteiger partial charge on any atom is -0.328 e. The van der Waals surface area contributed by atoms with Crippen molar-refractivity contribution in [3.05, 3.63) is 5.01 Å². The third-order valence-electron chi connectivity index (χ3n) is 3.37. The van der Waals surface area contributed by atoms with E-state index in [1.165, 1.54) is 11.3 Å². The predicted octanol–water partition coefficient (Wildman–Crippen LogP) is 2.19. The molecule has 1 aliphatic rings. The molecule has 1 aromatic rings. The van der Waals surface area contributed by atoms with Crippen LogP contribution >= 0.6 is 11.3 Å². The van der Waals surface area contributed by atoms with Crippen LogP contribution in [0.3, 0.4) is 0 Å². The summed E-state index contributed by atoms with van der Waals surface area (Å²) in [6.07, 6.45) is 4.68. The number of nitrogens with one attached hydrogen (secondary N) is 1. The lowest BCUT2D eigenvalue weighted by Gasteiger charge is -2.25. The van der Waals surface area contributed by atoms with Crippen LogP contribution < -0.4 is 11.1 Å². The number of rotatable bonds is 4. The van der Waals surface area contributed by atoms with Gasteiger partial charge in [-0.25, -0.2) is 0 Å². The molecule has 1 aromatic heterocycles. The third kappa shape index (κ3) is 4.24. The second-order valence-electron chi connectivity index (χ2n) is 5.71. The van der Waals surface area contributed by atoms with Crippen molar-refractivity contribution in [2.24, 2.45) is 17.6 Å². The third-order valence-corrected chi connectivity index (χ3v) is 4.23. The van der Waals surface area contributed by atoms with Crippen molar-refractivity contribution in [1.82, 2.24) is 10.2 Å². The summed E-state index contributed by atoms with van der Waals surface area (Å²) < 4.78 is 0. The fraction of sp³-hybridized carbons (Fsp3) is 0.769. The van der Waals surface area contributed by atoms with Crippen molar-refractivity contribution < 1.29 is 4.79 Å². The van der Waals surface area contributed by atoms with E-state index in [0.717, 1.165) is 37.1 Å². The van der Waals surface area contributed by atoms with E-state index in [9.17, 15) is 4.79 Å². The molecule has 1 aliphatic carbocycles. The number of carbonyl (C=O) groups is 1. The molecule has 2 rings (SSSR count). The molecule has 2 unspecified atom stereocenters. The number of anilines is 1. The maximum absolute atomic E-state index is 12.1. The van der Waals surface area contributed by atoms with Gasteiger partial charge in [0.2, 0.25) is 11.0 Å². The highest BCUT2D eigenvalue weighted by atomic mass is 32.1. The molecule has 0 bridgehead atoms. The Balaban J connectivity index is 1.89. The van der Waals surface area contributed by atoms with E-state index >= 15 is 0 Å². The first-order chi connectivity index (χ1) is 9.04. The normalized spacial score (nSPS) is 23.6. The van der Waals surface area contributed by atoms with Crippen molar-refractivity contribution in [3.63, 3.8) is 0 Å². The SMILES string of the molecule is CC(C)Cc1nnc(NC(=O)C2CCCC(N)C2)s1. The molecule has 106 valence electrons. The first-order valence-electron chi connectivity index (χ1n) is 6.93. The molecule has 0 spiro atoms. The number of hydrogen-bond acceptors (Lipinski definition) is 5. The molecule has 5 nitrogen and oxygen atoms in total. The van der Waals surface area contributed by atoms with Crippen LogP contribution in [0, 0.1) is 11.8 Å². The molecule has 0 aliphatic heterocycles. The van der Waals surface area contributed by atoms with Crippen LogP contribution in [-0.4, -0.2) is 22.1 Å². The lowest BCUT2D eigenvalue weighted by Crippen LogP contribution is -2.34. The second kappa shape index (κ2) is 6.43. The van der Waals surface area contributed by atoms with Gasteiger partial charge in [0.25, 0.3) is 0 Å². The zero-order chi connectivity index (χ0) is 13.8. The largest absolute Gasteiger partial charge is 0.328 e. The summed E-state index contributed by atoms with van der Waals surface area (Å²) in [6, 6.07) is 0.162. The van der Waals surface area contributed by atoms with Crippen LogP contribution in [-0.2, 0) is 11.2 Å². The highest BCUT2D eigenvalue weighted by molar-refractivity contribution is 7.15. The van der Waals surface area contributed by atoms with Crippen molar-refractivity contribution in [1.29, 1.82) is 0 Å². The summed E-state index contributed by atoms with van der Waals surface area (Å²) in [5.74, 6) is 0.622. The highest BCUT2D eigenvalue weighted by Crippen LogP contribution is 2.25. The van der Waals surface area contributed by atoms with Gasteiger partial charge in [0.1, 0.15) is 5.01 Å². The van der Waals surface area contributed by atoms with Gasteiger partial charge < -0.3 is 11.1 Å². The Morgan fingerprint density at radius 3 is 2.95 bits per heavy atom. The molecule has 19 heavy (non-hydrogen) atoms. The van der Waals surface area contributed by atoms with Gasteiger partial charge in [0.05, 0.1) is 0 Å². The van der Waals surface area contributed by atoms with Gasteiger partial charge in [0.15, 0.2) is 0 Å². The maximum Gasteiger partial charge on any atom is 0.229 e. The van der Waals surface area contributed by atoms with Crippen LogP contribution in [0.15, 0.2) is 0 Å². The van der Waals surface area contributed by atoms with Crippen molar-refractivity contribution in [3.8, 4) is 0 Å². The predicted molar refractivity (Wildman–Crippen MR) is 77.0 cm³/mol. The first kappa shape index (κ1) is 14.4. The Bertz CT molecular complexity index is 432. The van der Waals surface area contributed by atoms with Crippen LogP contribution in [0.25, 0.3) is 0 Å². The Labute approximate surface area is 118 Å². The van der Waals surface area contributed by atoms with E-state index in [1.807, 2.05) is 0 Å². The van der Waals surface area contributed by atoms with Crippen molar-refractivity contribution in [2.75, 3.05) is 5.32 Å². The summed E-state index contributed by atoms with van der Waals surface area (Å²) in [4.78, 5) is 12.1. The van der Waals surface area contributed by atoms with E-state index in [1.54, 1.807) is 0 Å². The fourth-order valence-corrected chi connectivity index (χ4v) is 3.36. The van der Waals surface area contributed by atoms with Crippen LogP contribution in [0.2, 0.25) is 0 Å². The molecular weight excluding hydrogens is 260 g/mol. The number of nitrogens with two attached hydrogens (primary N) is 1. The zero-order valence-corrected chi connectivity index (χ0v) is 12.4. The molecular formula is C13H22N4OS. The molecule has 2 atom stereocenters. The monoisotopic (exact) mass is 282 g/mol. The summed E-state index contributed by atoms with van der Waals surface area (Å²) in [5, 5.41) is 12.6. The fourth-order valence-electron chi connectivity index (χ4n) is 2.41. The molecule has 0 aromatic carbocycles. The lowest BCUT2D eigenvalue weighted by atomic mass is 9.86. The lowest BCUT2D eigenvalue weighted by molar-refractivity contribution is -0.120. The van der Waals surface area contributed by atoms with E-state index in [-0.39, 0.29) is 17.9 Å². The van der Waals surface area contributed by atoms with Crippen LogP contribution in [0.5, 0.6) is 0 Å². The topological polar surface area (TPSA) is 80.9 Å². The summed E-state index contributed by atoms with van der Waals surface area (Å²) in [5.41, 5.74) is 5.91. The average Bonchev–Trinajstić information content (AvgIpc) is 2.75. The Kier molecular flexibility index (Phi) is 4.87. The molecule has 1 amide bonds. The second-order valence-corrected chi connectivity index (χ2v) is 6.77. The number of hydrogen-bond donors (Lipinski definition) is 2. The summed E-state index contributed by atoms with van der Waals surface area (Å²) in [7, 11) is 0. The van der Waals surface area contributed by atoms with Crippen LogP contribution in [0.1, 0.15) is 44.5 Å². The minimum absolute atomic E-state index is 0.0289. The van der Waals surface area contributed by atoms with Gasteiger partial charge in [-0.15, -0.1) is 10.2 Å². The smallest absolute Gasteiger partial charge is 0.229 e. The van der Waals surface area contributed by atoms with Gasteiger partial charge in [0, 0.05) is 18.4 Å². The molecule has 1 saturated carbocycles. The van der Waals surface area contributed by atoms with Gasteiger partial charge in [-0.05, 0) is 25.2 Å². The van der Waals surface area contributed by atoms with E-state index in [4.69, 9.17) is 5.73 Å². The molecule has 3 N–H and O–H groups in total. The summed E-state index contributed by atoms with van der Waals surface area (Å²) in [6.45, 7) is 4.28. The van der Waals surface area contributed by atoms with Gasteiger partial charge in [-0.2, -0.15) is 0 Å². The van der Waals surface area contributed by atoms with Gasteiger partial charge in [-0.3, -0.25) is 4.79 Å². The minimum atomic E-state index is 0.0289. The molecule has 1 heterocycles. The number of aromatic nitrogens is 2. The molecule has 1 fully saturated rings. The van der Waals surface area contributed by atoms with E-state index in [2.05, 4.69) is 29.4 Å². The Hall–Kier alpha value is -1.01. The molecule has 6 heteroatoms. The Morgan fingerprint density at radius 1 is 1.47 bits per heavy atom. The quantitative estimate of drug-likeness (QED) is 0.887. The number of nitrogens with zero attached hydrogens (tertiary/aromatic N) is 2. The zero-order valence-electron chi connectivity index (χ0n) is 11.6. The standard InChI is InChI=1S/C13H22N4OS/c1-8(2)6-11-16-17-13(19-11)15-12(18)9-4-3-5-10(14)7-9/h8-10H,3-7,14H2,1-2H3,(H,15,17,18). The van der Waals surface area contributed by atoms with Crippen LogP contribution in [0.4, 0.5) is 5.13 Å². The Morgan fingerprint density at radius 2 is 2.26 bits per heavy atom. The number of amides is 1. The van der Waals surface area contributed by atoms with Gasteiger partial charge >= 0.3 is 0 Å². The van der Waals surface area contributed by atoms with Gasteiger partial charge in [-0.1, -0.05) is 31.6 Å². The van der Waals surface area contributed by atoms with E-state index < -0.39 is 0 Å². The summed E-state index contributed by atoms with van der Waals surface area (Å²) >= 11 is 1.47. The van der Waals surface area contributed by atoms with Crippen molar-refractivity contribution in [2.45, 2.75) is 52.0 Å². The maximum atomic E-state index is 12.1.